The smallest absolute Gasteiger partial charge is 0.261 e. The van der Waals surface area contributed by atoms with E-state index in [0.717, 1.165) is 32.8 Å². The Morgan fingerprint density at radius 1 is 0.949 bits per heavy atom. The molecule has 1 N–H and O–H groups in total. The van der Waals surface area contributed by atoms with Gasteiger partial charge in [0.05, 0.1) is 4.47 Å². The maximum absolute atomic E-state index is 13.9. The molecule has 0 aliphatic rings. The molecule has 2 amide bonds. The quantitative estimate of drug-likeness (QED) is 0.196. The second-order valence-corrected chi connectivity index (χ2v) is 10.7. The molecular formula is C32H32BrClN2O3. The van der Waals surface area contributed by atoms with Crippen molar-refractivity contribution in [1.29, 1.82) is 0 Å². The van der Waals surface area contributed by atoms with Crippen molar-refractivity contribution < 1.29 is 14.3 Å². The molecule has 0 unspecified atom stereocenters. The van der Waals surface area contributed by atoms with Crippen molar-refractivity contribution in [2.45, 2.75) is 45.3 Å². The molecule has 0 radical (unpaired) electrons. The molecule has 39 heavy (non-hydrogen) atoms. The van der Waals surface area contributed by atoms with Gasteiger partial charge >= 0.3 is 0 Å². The number of nitrogens with one attached hydrogen (secondary N) is 1. The number of amides is 2. The van der Waals surface area contributed by atoms with Gasteiger partial charge in [0.1, 0.15) is 11.8 Å². The Hall–Kier alpha value is -3.35. The summed E-state index contributed by atoms with van der Waals surface area (Å²) in [5.74, 6) is 0.0408. The third-order valence-electron chi connectivity index (χ3n) is 6.75. The maximum atomic E-state index is 13.9. The van der Waals surface area contributed by atoms with Gasteiger partial charge in [-0.15, -0.1) is 0 Å². The van der Waals surface area contributed by atoms with Crippen molar-refractivity contribution in [2.75, 3.05) is 6.61 Å². The van der Waals surface area contributed by atoms with Crippen LogP contribution in [0.15, 0.2) is 95.5 Å². The van der Waals surface area contributed by atoms with Gasteiger partial charge in [0.15, 0.2) is 6.61 Å². The fourth-order valence-corrected chi connectivity index (χ4v) is 5.16. The van der Waals surface area contributed by atoms with Crippen LogP contribution in [0.2, 0.25) is 5.02 Å². The summed E-state index contributed by atoms with van der Waals surface area (Å²) in [4.78, 5) is 29.1. The molecule has 0 aliphatic heterocycles. The summed E-state index contributed by atoms with van der Waals surface area (Å²) in [6.45, 7) is 3.91. The zero-order valence-corrected chi connectivity index (χ0v) is 24.4. The fraction of sp³-hybridized carbons (Fsp3) is 0.250. The lowest BCUT2D eigenvalue weighted by Crippen LogP contribution is -2.53. The monoisotopic (exact) mass is 606 g/mol. The van der Waals surface area contributed by atoms with Gasteiger partial charge in [0, 0.05) is 24.0 Å². The Kier molecular flexibility index (Phi) is 10.0. The van der Waals surface area contributed by atoms with Crippen LogP contribution < -0.4 is 10.1 Å². The summed E-state index contributed by atoms with van der Waals surface area (Å²) in [7, 11) is 0. The number of fused-ring (bicyclic) bond motifs is 1. The first-order valence-corrected chi connectivity index (χ1v) is 14.2. The van der Waals surface area contributed by atoms with E-state index in [0.29, 0.717) is 17.2 Å². The lowest BCUT2D eigenvalue weighted by molar-refractivity contribution is -0.143. The summed E-state index contributed by atoms with van der Waals surface area (Å²) < 4.78 is 6.81. The molecule has 4 aromatic rings. The Morgan fingerprint density at radius 2 is 1.64 bits per heavy atom. The number of halogens is 2. The highest BCUT2D eigenvalue weighted by Gasteiger charge is 2.31. The Balaban J connectivity index is 1.65. The standard InChI is InChI=1S/C32H32BrClN2O3/c1-3-22(2)35-32(38)28(19-23-11-5-4-6-12-23)36(20-25-14-8-10-16-27(25)34)30(37)21-39-29-18-17-24-13-7-9-15-26(24)31(29)33/h4-18,22,28H,3,19-21H2,1-2H3,(H,35,38)/t22-,28-/m0/s1. The van der Waals surface area contributed by atoms with Crippen LogP contribution >= 0.6 is 27.5 Å². The van der Waals surface area contributed by atoms with Crippen LogP contribution in [0.25, 0.3) is 10.8 Å². The van der Waals surface area contributed by atoms with E-state index in [9.17, 15) is 9.59 Å². The predicted molar refractivity (Wildman–Crippen MR) is 161 cm³/mol. The van der Waals surface area contributed by atoms with E-state index in [-0.39, 0.29) is 31.0 Å². The minimum absolute atomic E-state index is 0.0298. The highest BCUT2D eigenvalue weighted by molar-refractivity contribution is 9.10. The number of rotatable bonds is 11. The van der Waals surface area contributed by atoms with Gasteiger partial charge in [0.25, 0.3) is 5.91 Å². The lowest BCUT2D eigenvalue weighted by Gasteiger charge is -2.32. The third-order valence-corrected chi connectivity index (χ3v) is 7.94. The molecule has 5 nitrogen and oxygen atoms in total. The van der Waals surface area contributed by atoms with E-state index in [1.54, 1.807) is 11.0 Å². The molecular weight excluding hydrogens is 576 g/mol. The first kappa shape index (κ1) is 28.7. The second-order valence-electron chi connectivity index (χ2n) is 9.52. The number of hydrogen-bond donors (Lipinski definition) is 1. The molecule has 0 heterocycles. The van der Waals surface area contributed by atoms with Crippen LogP contribution in [-0.4, -0.2) is 35.4 Å². The molecule has 2 atom stereocenters. The molecule has 0 fully saturated rings. The van der Waals surface area contributed by atoms with Crippen molar-refractivity contribution in [3.05, 3.63) is 112 Å². The normalized spacial score (nSPS) is 12.5. The molecule has 4 aromatic carbocycles. The van der Waals surface area contributed by atoms with Crippen molar-refractivity contribution in [2.24, 2.45) is 0 Å². The first-order chi connectivity index (χ1) is 18.9. The van der Waals surface area contributed by atoms with Gasteiger partial charge in [-0.25, -0.2) is 0 Å². The number of ether oxygens (including phenoxy) is 1. The summed E-state index contributed by atoms with van der Waals surface area (Å²) in [6, 6.07) is 28.0. The molecule has 4 rings (SSSR count). The molecule has 0 saturated carbocycles. The molecule has 202 valence electrons. The third kappa shape index (κ3) is 7.40. The van der Waals surface area contributed by atoms with E-state index < -0.39 is 6.04 Å². The Morgan fingerprint density at radius 3 is 2.38 bits per heavy atom. The topological polar surface area (TPSA) is 58.6 Å². The number of nitrogens with zero attached hydrogens (tertiary/aromatic N) is 1. The number of hydrogen-bond acceptors (Lipinski definition) is 3. The van der Waals surface area contributed by atoms with E-state index >= 15 is 0 Å². The Labute approximate surface area is 243 Å². The zero-order chi connectivity index (χ0) is 27.8. The predicted octanol–water partition coefficient (Wildman–Crippen LogP) is 7.19. The Bertz CT molecular complexity index is 1430. The summed E-state index contributed by atoms with van der Waals surface area (Å²) in [6.07, 6.45) is 1.14. The lowest BCUT2D eigenvalue weighted by atomic mass is 10.0. The van der Waals surface area contributed by atoms with Crippen LogP contribution in [-0.2, 0) is 22.6 Å². The number of benzene rings is 4. The van der Waals surface area contributed by atoms with E-state index in [4.69, 9.17) is 16.3 Å². The van der Waals surface area contributed by atoms with Crippen LogP contribution in [0.3, 0.4) is 0 Å². The van der Waals surface area contributed by atoms with Crippen molar-refractivity contribution in [3.63, 3.8) is 0 Å². The van der Waals surface area contributed by atoms with E-state index in [1.165, 1.54) is 0 Å². The van der Waals surface area contributed by atoms with Crippen LogP contribution in [0, 0.1) is 0 Å². The molecule has 0 spiro atoms. The van der Waals surface area contributed by atoms with Gasteiger partial charge in [-0.05, 0) is 63.3 Å². The summed E-state index contributed by atoms with van der Waals surface area (Å²) in [5, 5.41) is 5.66. The van der Waals surface area contributed by atoms with Crippen molar-refractivity contribution in [1.82, 2.24) is 10.2 Å². The molecule has 0 aliphatic carbocycles. The minimum Gasteiger partial charge on any atom is -0.483 e. The van der Waals surface area contributed by atoms with E-state index in [1.807, 2.05) is 98.8 Å². The van der Waals surface area contributed by atoms with Gasteiger partial charge in [-0.2, -0.15) is 0 Å². The summed E-state index contributed by atoms with van der Waals surface area (Å²) in [5.41, 5.74) is 1.71. The average molecular weight is 608 g/mol. The maximum Gasteiger partial charge on any atom is 0.261 e. The number of carbonyl (C=O) groups excluding carboxylic acids is 2. The van der Waals surface area contributed by atoms with Gasteiger partial charge in [-0.1, -0.05) is 97.4 Å². The minimum atomic E-state index is -0.756. The molecule has 7 heteroatoms. The largest absolute Gasteiger partial charge is 0.483 e. The fourth-order valence-electron chi connectivity index (χ4n) is 4.35. The van der Waals surface area contributed by atoms with Crippen molar-refractivity contribution in [3.8, 4) is 5.75 Å². The van der Waals surface area contributed by atoms with Gasteiger partial charge in [0.2, 0.25) is 5.91 Å². The number of carbonyl (C=O) groups is 2. The highest BCUT2D eigenvalue weighted by atomic mass is 79.9. The zero-order valence-electron chi connectivity index (χ0n) is 22.1. The molecule has 0 saturated heterocycles. The van der Waals surface area contributed by atoms with E-state index in [2.05, 4.69) is 21.2 Å². The van der Waals surface area contributed by atoms with Crippen LogP contribution in [0.4, 0.5) is 0 Å². The average Bonchev–Trinajstić information content (AvgIpc) is 2.95. The van der Waals surface area contributed by atoms with Gasteiger partial charge < -0.3 is 15.0 Å². The van der Waals surface area contributed by atoms with Crippen molar-refractivity contribution >= 4 is 50.1 Å². The van der Waals surface area contributed by atoms with Crippen LogP contribution in [0.1, 0.15) is 31.4 Å². The SMILES string of the molecule is CC[C@H](C)NC(=O)[C@H](Cc1ccccc1)N(Cc1ccccc1Cl)C(=O)COc1ccc2ccccc2c1Br. The molecule has 0 bridgehead atoms. The highest BCUT2D eigenvalue weighted by Crippen LogP contribution is 2.33. The van der Waals surface area contributed by atoms with Gasteiger partial charge in [-0.3, -0.25) is 9.59 Å². The summed E-state index contributed by atoms with van der Waals surface area (Å²) >= 11 is 10.1. The first-order valence-electron chi connectivity index (χ1n) is 13.0. The molecule has 0 aromatic heterocycles. The van der Waals surface area contributed by atoms with Crippen LogP contribution in [0.5, 0.6) is 5.75 Å². The second kappa shape index (κ2) is 13.6.